The second-order valence-corrected chi connectivity index (χ2v) is 7.69. The van der Waals surface area contributed by atoms with E-state index in [0.29, 0.717) is 6.54 Å². The normalized spacial score (nSPS) is 16.6. The maximum Gasteiger partial charge on any atom is 0.257 e. The van der Waals surface area contributed by atoms with Gasteiger partial charge in [-0.3, -0.25) is 14.3 Å². The summed E-state index contributed by atoms with van der Waals surface area (Å²) in [4.78, 5) is 20.0. The zero-order chi connectivity index (χ0) is 18.9. The highest BCUT2D eigenvalue weighted by Gasteiger charge is 2.22. The summed E-state index contributed by atoms with van der Waals surface area (Å²) < 4.78 is 3.86. The van der Waals surface area contributed by atoms with Crippen molar-refractivity contribution in [2.75, 3.05) is 6.54 Å². The van der Waals surface area contributed by atoms with Crippen molar-refractivity contribution in [3.05, 3.63) is 75.5 Å². The Bertz CT molecular complexity index is 1040. The summed E-state index contributed by atoms with van der Waals surface area (Å²) in [6.07, 6.45) is 5.70. The van der Waals surface area contributed by atoms with Crippen LogP contribution in [0.15, 0.2) is 41.5 Å². The lowest BCUT2D eigenvalue weighted by molar-refractivity contribution is 0.239. The molecule has 2 aromatic heterocycles. The maximum absolute atomic E-state index is 13.0. The highest BCUT2D eigenvalue weighted by atomic mass is 16.1. The average molecular weight is 376 g/mol. The predicted molar refractivity (Wildman–Crippen MR) is 105 cm³/mol. The zero-order valence-corrected chi connectivity index (χ0v) is 15.9. The second kappa shape index (κ2) is 7.31. The molecule has 28 heavy (non-hydrogen) atoms. The molecule has 0 unspecified atom stereocenters. The van der Waals surface area contributed by atoms with Crippen molar-refractivity contribution in [3.63, 3.8) is 0 Å². The average Bonchev–Trinajstić information content (AvgIpc) is 3.14. The third kappa shape index (κ3) is 3.26. The second-order valence-electron chi connectivity index (χ2n) is 7.69. The van der Waals surface area contributed by atoms with E-state index in [9.17, 15) is 4.79 Å². The Balaban J connectivity index is 1.35. The van der Waals surface area contributed by atoms with E-state index in [0.717, 1.165) is 74.8 Å². The van der Waals surface area contributed by atoms with Gasteiger partial charge in [0.2, 0.25) is 0 Å². The molecule has 5 rings (SSSR count). The van der Waals surface area contributed by atoms with E-state index in [-0.39, 0.29) is 5.56 Å². The molecule has 0 saturated carbocycles. The molecule has 0 fully saturated rings. The van der Waals surface area contributed by atoms with Crippen molar-refractivity contribution in [1.29, 1.82) is 0 Å². The van der Waals surface area contributed by atoms with Crippen LogP contribution in [0.4, 0.5) is 0 Å². The fraction of sp³-hybridized carbons (Fsp3) is 0.429. The molecule has 0 aliphatic carbocycles. The standard InChI is InChI=1S/C21H24N6O/c28-21-17-9-11-25(12-16-6-2-1-3-7-16)13-18(17)22-15-26(21)14-20-24-23-19-8-4-5-10-27(19)20/h1-3,6-7,15H,4-5,8-14H2. The lowest BCUT2D eigenvalue weighted by atomic mass is 10.1. The summed E-state index contributed by atoms with van der Waals surface area (Å²) >= 11 is 0. The Labute approximate surface area is 163 Å². The highest BCUT2D eigenvalue weighted by Crippen LogP contribution is 2.17. The van der Waals surface area contributed by atoms with Gasteiger partial charge >= 0.3 is 0 Å². The van der Waals surface area contributed by atoms with Crippen molar-refractivity contribution in [1.82, 2.24) is 29.2 Å². The van der Waals surface area contributed by atoms with E-state index in [1.54, 1.807) is 10.9 Å². The highest BCUT2D eigenvalue weighted by molar-refractivity contribution is 5.21. The summed E-state index contributed by atoms with van der Waals surface area (Å²) in [7, 11) is 0. The van der Waals surface area contributed by atoms with E-state index < -0.39 is 0 Å². The minimum atomic E-state index is 0.0671. The quantitative estimate of drug-likeness (QED) is 0.694. The Morgan fingerprint density at radius 2 is 1.86 bits per heavy atom. The summed E-state index contributed by atoms with van der Waals surface area (Å²) in [5.41, 5.74) is 3.12. The van der Waals surface area contributed by atoms with Gasteiger partial charge in [-0.15, -0.1) is 10.2 Å². The van der Waals surface area contributed by atoms with Crippen LogP contribution in [0.2, 0.25) is 0 Å². The molecule has 2 aliphatic heterocycles. The minimum absolute atomic E-state index is 0.0671. The van der Waals surface area contributed by atoms with Crippen LogP contribution in [0, 0.1) is 0 Å². The maximum atomic E-state index is 13.0. The first-order valence-electron chi connectivity index (χ1n) is 10.0. The van der Waals surface area contributed by atoms with Gasteiger partial charge in [-0.05, 0) is 24.8 Å². The van der Waals surface area contributed by atoms with Crippen molar-refractivity contribution < 1.29 is 0 Å². The number of hydrogen-bond acceptors (Lipinski definition) is 5. The zero-order valence-electron chi connectivity index (χ0n) is 15.9. The van der Waals surface area contributed by atoms with E-state index in [1.807, 2.05) is 6.07 Å². The first-order chi connectivity index (χ1) is 13.8. The Morgan fingerprint density at radius 1 is 0.964 bits per heavy atom. The SMILES string of the molecule is O=c1c2c(ncn1Cc1nnc3n1CCCC3)CN(Cc1ccccc1)CC2. The molecule has 0 spiro atoms. The lowest BCUT2D eigenvalue weighted by Gasteiger charge is -2.28. The van der Waals surface area contributed by atoms with Crippen LogP contribution in [0.3, 0.4) is 0 Å². The van der Waals surface area contributed by atoms with Gasteiger partial charge in [0.25, 0.3) is 5.56 Å². The summed E-state index contributed by atoms with van der Waals surface area (Å²) in [5, 5.41) is 8.61. The van der Waals surface area contributed by atoms with Crippen LogP contribution in [-0.2, 0) is 39.0 Å². The number of hydrogen-bond donors (Lipinski definition) is 0. The largest absolute Gasteiger partial charge is 0.313 e. The fourth-order valence-corrected chi connectivity index (χ4v) is 4.24. The van der Waals surface area contributed by atoms with Crippen molar-refractivity contribution in [2.24, 2.45) is 0 Å². The molecule has 0 atom stereocenters. The van der Waals surface area contributed by atoms with Gasteiger partial charge in [-0.1, -0.05) is 30.3 Å². The third-order valence-electron chi connectivity index (χ3n) is 5.77. The summed E-state index contributed by atoms with van der Waals surface area (Å²) in [5.74, 6) is 1.90. The van der Waals surface area contributed by atoms with Gasteiger partial charge in [0.1, 0.15) is 5.82 Å². The molecule has 0 radical (unpaired) electrons. The molecule has 2 aliphatic rings. The van der Waals surface area contributed by atoms with Gasteiger partial charge in [0.15, 0.2) is 5.82 Å². The minimum Gasteiger partial charge on any atom is -0.313 e. The van der Waals surface area contributed by atoms with E-state index >= 15 is 0 Å². The van der Waals surface area contributed by atoms with E-state index in [2.05, 4.69) is 48.9 Å². The van der Waals surface area contributed by atoms with Crippen LogP contribution in [0.25, 0.3) is 0 Å². The van der Waals surface area contributed by atoms with Crippen molar-refractivity contribution >= 4 is 0 Å². The monoisotopic (exact) mass is 376 g/mol. The molecule has 7 heteroatoms. The van der Waals surface area contributed by atoms with Crippen LogP contribution in [-0.4, -0.2) is 35.8 Å². The van der Waals surface area contributed by atoms with Crippen LogP contribution in [0.1, 0.15) is 41.3 Å². The van der Waals surface area contributed by atoms with Crippen LogP contribution >= 0.6 is 0 Å². The molecule has 0 saturated heterocycles. The van der Waals surface area contributed by atoms with Gasteiger partial charge in [0.05, 0.1) is 18.6 Å². The van der Waals surface area contributed by atoms with E-state index in [1.165, 1.54) is 5.56 Å². The molecule has 144 valence electrons. The number of aryl methyl sites for hydroxylation is 1. The van der Waals surface area contributed by atoms with Gasteiger partial charge in [-0.2, -0.15) is 0 Å². The number of rotatable bonds is 4. The fourth-order valence-electron chi connectivity index (χ4n) is 4.24. The smallest absolute Gasteiger partial charge is 0.257 e. The van der Waals surface area contributed by atoms with E-state index in [4.69, 9.17) is 0 Å². The topological polar surface area (TPSA) is 68.8 Å². The molecule has 7 nitrogen and oxygen atoms in total. The molecule has 4 heterocycles. The van der Waals surface area contributed by atoms with Gasteiger partial charge in [-0.25, -0.2) is 4.98 Å². The first-order valence-corrected chi connectivity index (χ1v) is 10.0. The third-order valence-corrected chi connectivity index (χ3v) is 5.77. The molecule has 1 aromatic carbocycles. The van der Waals surface area contributed by atoms with Gasteiger partial charge in [0, 0.05) is 38.2 Å². The number of benzene rings is 1. The first kappa shape index (κ1) is 17.3. The van der Waals surface area contributed by atoms with Crippen LogP contribution in [0.5, 0.6) is 0 Å². The molecule has 3 aromatic rings. The van der Waals surface area contributed by atoms with Gasteiger partial charge < -0.3 is 4.57 Å². The lowest BCUT2D eigenvalue weighted by Crippen LogP contribution is -2.37. The Morgan fingerprint density at radius 3 is 2.75 bits per heavy atom. The Hall–Kier alpha value is -2.80. The van der Waals surface area contributed by atoms with Crippen molar-refractivity contribution in [3.8, 4) is 0 Å². The molecular weight excluding hydrogens is 352 g/mol. The molecule has 0 bridgehead atoms. The molecule has 0 amide bonds. The molecule has 0 N–H and O–H groups in total. The summed E-state index contributed by atoms with van der Waals surface area (Å²) in [6.45, 7) is 3.87. The number of nitrogens with zero attached hydrogens (tertiary/aromatic N) is 6. The van der Waals surface area contributed by atoms with Crippen molar-refractivity contribution in [2.45, 2.75) is 51.9 Å². The van der Waals surface area contributed by atoms with Crippen LogP contribution < -0.4 is 5.56 Å². The molecular formula is C21H24N6O. The number of aromatic nitrogens is 5. The predicted octanol–water partition coefficient (Wildman–Crippen LogP) is 1.78. The number of fused-ring (bicyclic) bond motifs is 2. The Kier molecular flexibility index (Phi) is 4.52. The summed E-state index contributed by atoms with van der Waals surface area (Å²) in [6, 6.07) is 10.4.